The predicted molar refractivity (Wildman–Crippen MR) is 58.1 cm³/mol. The third-order valence-corrected chi connectivity index (χ3v) is 2.88. The lowest BCUT2D eigenvalue weighted by atomic mass is 10.2. The number of hydrogen-bond acceptors (Lipinski definition) is 2. The van der Waals surface area contributed by atoms with Gasteiger partial charge in [-0.05, 0) is 12.8 Å². The van der Waals surface area contributed by atoms with Crippen molar-refractivity contribution in [3.05, 3.63) is 0 Å². The van der Waals surface area contributed by atoms with Gasteiger partial charge in [0.15, 0.2) is 0 Å². The average molecular weight is 251 g/mol. The van der Waals surface area contributed by atoms with Crippen molar-refractivity contribution in [3.8, 4) is 0 Å². The molecule has 2 nitrogen and oxygen atoms in total. The molecule has 0 aliphatic carbocycles. The molecule has 1 atom stereocenters. The highest BCUT2D eigenvalue weighted by Crippen LogP contribution is 2.07. The first-order chi connectivity index (χ1) is 6.22. The van der Waals surface area contributed by atoms with Crippen LogP contribution in [0.4, 0.5) is 0 Å². The molecule has 0 rings (SSSR count). The minimum atomic E-state index is -0.126. The summed E-state index contributed by atoms with van der Waals surface area (Å²) in [6, 6.07) is 0. The van der Waals surface area contributed by atoms with Crippen LogP contribution >= 0.6 is 15.9 Å². The molecule has 0 aromatic heterocycles. The standard InChI is InChI=1S/C10H19BrO2/c1-3-5-6-7-8-13-10(12)9(11)4-2/h9H,3-8H2,1-2H3/t9-/m0/s1. The highest BCUT2D eigenvalue weighted by Gasteiger charge is 2.12. The van der Waals surface area contributed by atoms with Gasteiger partial charge in [0.2, 0.25) is 0 Å². The van der Waals surface area contributed by atoms with Crippen molar-refractivity contribution in [2.45, 2.75) is 50.8 Å². The Morgan fingerprint density at radius 3 is 2.54 bits per heavy atom. The van der Waals surface area contributed by atoms with Gasteiger partial charge in [0.25, 0.3) is 0 Å². The number of unbranched alkanes of at least 4 members (excludes halogenated alkanes) is 3. The number of esters is 1. The van der Waals surface area contributed by atoms with E-state index in [1.807, 2.05) is 6.92 Å². The molecule has 0 N–H and O–H groups in total. The summed E-state index contributed by atoms with van der Waals surface area (Å²) in [4.78, 5) is 11.0. The third kappa shape index (κ3) is 7.05. The second kappa shape index (κ2) is 8.54. The summed E-state index contributed by atoms with van der Waals surface area (Å²) in [5, 5.41) is 0. The molecule has 78 valence electrons. The van der Waals surface area contributed by atoms with Crippen LogP contribution in [0.15, 0.2) is 0 Å². The molecule has 13 heavy (non-hydrogen) atoms. The molecule has 3 heteroatoms. The van der Waals surface area contributed by atoms with Gasteiger partial charge in [-0.2, -0.15) is 0 Å². The van der Waals surface area contributed by atoms with Gasteiger partial charge in [-0.25, -0.2) is 0 Å². The number of carbonyl (C=O) groups is 1. The van der Waals surface area contributed by atoms with Crippen LogP contribution in [0.3, 0.4) is 0 Å². The van der Waals surface area contributed by atoms with Crippen molar-refractivity contribution in [2.24, 2.45) is 0 Å². The van der Waals surface area contributed by atoms with Gasteiger partial charge in [0.05, 0.1) is 6.61 Å². The lowest BCUT2D eigenvalue weighted by Crippen LogP contribution is -2.16. The van der Waals surface area contributed by atoms with Crippen molar-refractivity contribution in [1.29, 1.82) is 0 Å². The van der Waals surface area contributed by atoms with E-state index in [1.165, 1.54) is 12.8 Å². The van der Waals surface area contributed by atoms with Crippen molar-refractivity contribution < 1.29 is 9.53 Å². The van der Waals surface area contributed by atoms with Gasteiger partial charge in [-0.1, -0.05) is 49.0 Å². The molecule has 0 unspecified atom stereocenters. The van der Waals surface area contributed by atoms with Crippen LogP contribution in [-0.2, 0) is 9.53 Å². The van der Waals surface area contributed by atoms with E-state index in [0.29, 0.717) is 6.61 Å². The summed E-state index contributed by atoms with van der Waals surface area (Å²) < 4.78 is 5.06. The largest absolute Gasteiger partial charge is 0.465 e. The summed E-state index contributed by atoms with van der Waals surface area (Å²) in [5.41, 5.74) is 0. The molecule has 0 heterocycles. The molecule has 0 saturated carbocycles. The molecule has 0 fully saturated rings. The molecule has 0 amide bonds. The van der Waals surface area contributed by atoms with Crippen LogP contribution in [0.5, 0.6) is 0 Å². The summed E-state index contributed by atoms with van der Waals surface area (Å²) in [7, 11) is 0. The first-order valence-corrected chi connectivity index (χ1v) is 5.94. The Morgan fingerprint density at radius 1 is 1.31 bits per heavy atom. The van der Waals surface area contributed by atoms with E-state index in [1.54, 1.807) is 0 Å². The zero-order valence-electron chi connectivity index (χ0n) is 8.51. The minimum Gasteiger partial charge on any atom is -0.465 e. The van der Waals surface area contributed by atoms with Gasteiger partial charge in [-0.15, -0.1) is 0 Å². The van der Waals surface area contributed by atoms with Gasteiger partial charge in [0, 0.05) is 0 Å². The molecule has 0 aliphatic rings. The zero-order chi connectivity index (χ0) is 10.1. The molecule has 0 aromatic carbocycles. The van der Waals surface area contributed by atoms with Crippen LogP contribution in [0.25, 0.3) is 0 Å². The van der Waals surface area contributed by atoms with Gasteiger partial charge >= 0.3 is 5.97 Å². The highest BCUT2D eigenvalue weighted by atomic mass is 79.9. The topological polar surface area (TPSA) is 26.3 Å². The molecular weight excluding hydrogens is 232 g/mol. The smallest absolute Gasteiger partial charge is 0.319 e. The summed E-state index contributed by atoms with van der Waals surface area (Å²) >= 11 is 3.25. The summed E-state index contributed by atoms with van der Waals surface area (Å²) in [5.74, 6) is -0.126. The zero-order valence-corrected chi connectivity index (χ0v) is 10.1. The van der Waals surface area contributed by atoms with Crippen LogP contribution in [0, 0.1) is 0 Å². The van der Waals surface area contributed by atoms with E-state index in [4.69, 9.17) is 4.74 Å². The maximum atomic E-state index is 11.1. The van der Waals surface area contributed by atoms with E-state index in [-0.39, 0.29) is 10.8 Å². The molecule has 0 spiro atoms. The van der Waals surface area contributed by atoms with Crippen LogP contribution < -0.4 is 0 Å². The number of rotatable bonds is 7. The van der Waals surface area contributed by atoms with E-state index < -0.39 is 0 Å². The fraction of sp³-hybridized carbons (Fsp3) is 0.900. The van der Waals surface area contributed by atoms with Crippen molar-refractivity contribution in [2.75, 3.05) is 6.61 Å². The number of alkyl halides is 1. The lowest BCUT2D eigenvalue weighted by molar-refractivity contribution is -0.142. The first-order valence-electron chi connectivity index (χ1n) is 5.03. The number of ether oxygens (including phenoxy) is 1. The maximum Gasteiger partial charge on any atom is 0.319 e. The minimum absolute atomic E-state index is 0.126. The molecule has 0 aliphatic heterocycles. The van der Waals surface area contributed by atoms with Gasteiger partial charge in [-0.3, -0.25) is 4.79 Å². The second-order valence-corrected chi connectivity index (χ2v) is 4.21. The number of halogens is 1. The summed E-state index contributed by atoms with van der Waals surface area (Å²) in [6.45, 7) is 4.69. The Bertz CT molecular complexity index is 137. The van der Waals surface area contributed by atoms with E-state index in [2.05, 4.69) is 22.9 Å². The molecular formula is C10H19BrO2. The van der Waals surface area contributed by atoms with Gasteiger partial charge in [0.1, 0.15) is 4.83 Å². The quantitative estimate of drug-likeness (QED) is 0.394. The van der Waals surface area contributed by atoms with Crippen LogP contribution in [0.1, 0.15) is 46.0 Å². The predicted octanol–water partition coefficient (Wildman–Crippen LogP) is 3.28. The Kier molecular flexibility index (Phi) is 8.51. The fourth-order valence-electron chi connectivity index (χ4n) is 0.959. The third-order valence-electron chi connectivity index (χ3n) is 1.86. The SMILES string of the molecule is CCCCCCOC(=O)[C@@H](Br)CC. The van der Waals surface area contributed by atoms with Gasteiger partial charge < -0.3 is 4.74 Å². The normalized spacial score (nSPS) is 12.5. The Morgan fingerprint density at radius 2 is 2.00 bits per heavy atom. The molecule has 0 aromatic rings. The number of hydrogen-bond donors (Lipinski definition) is 0. The first kappa shape index (κ1) is 12.9. The molecule has 0 radical (unpaired) electrons. The Hall–Kier alpha value is -0.0500. The van der Waals surface area contributed by atoms with Crippen molar-refractivity contribution >= 4 is 21.9 Å². The van der Waals surface area contributed by atoms with Crippen molar-refractivity contribution in [1.82, 2.24) is 0 Å². The fourth-order valence-corrected chi connectivity index (χ4v) is 1.09. The number of carbonyl (C=O) groups excluding carboxylic acids is 1. The maximum absolute atomic E-state index is 11.1. The van der Waals surface area contributed by atoms with E-state index in [9.17, 15) is 4.79 Å². The Balaban J connectivity index is 3.27. The van der Waals surface area contributed by atoms with E-state index >= 15 is 0 Å². The lowest BCUT2D eigenvalue weighted by Gasteiger charge is -2.07. The highest BCUT2D eigenvalue weighted by molar-refractivity contribution is 9.10. The average Bonchev–Trinajstić information content (AvgIpc) is 2.16. The Labute approximate surface area is 89.2 Å². The van der Waals surface area contributed by atoms with Crippen LogP contribution in [-0.4, -0.2) is 17.4 Å². The molecule has 0 bridgehead atoms. The second-order valence-electron chi connectivity index (χ2n) is 3.10. The molecule has 0 saturated heterocycles. The van der Waals surface area contributed by atoms with E-state index in [0.717, 1.165) is 19.3 Å². The monoisotopic (exact) mass is 250 g/mol. The summed E-state index contributed by atoms with van der Waals surface area (Å²) in [6.07, 6.45) is 5.37. The van der Waals surface area contributed by atoms with Crippen molar-refractivity contribution in [3.63, 3.8) is 0 Å². The van der Waals surface area contributed by atoms with Crippen LogP contribution in [0.2, 0.25) is 0 Å².